The molecule has 0 atom stereocenters. The van der Waals surface area contributed by atoms with E-state index in [1.54, 1.807) is 13.8 Å². The van der Waals surface area contributed by atoms with Gasteiger partial charge in [-0.3, -0.25) is 0 Å². The summed E-state index contributed by atoms with van der Waals surface area (Å²) in [5.41, 5.74) is -2.56. The Hall–Kier alpha value is -0.290. The van der Waals surface area contributed by atoms with Crippen LogP contribution in [0.1, 0.15) is 33.1 Å². The maximum atomic E-state index is 12.4. The fourth-order valence-electron chi connectivity index (χ4n) is 1.29. The van der Waals surface area contributed by atoms with E-state index in [9.17, 15) is 18.3 Å². The minimum atomic E-state index is -4.16. The van der Waals surface area contributed by atoms with Crippen molar-refractivity contribution in [3.63, 3.8) is 0 Å². The molecule has 1 aliphatic rings. The smallest absolute Gasteiger partial charge is 0.390 e. The number of halogens is 3. The van der Waals surface area contributed by atoms with Gasteiger partial charge in [-0.15, -0.1) is 0 Å². The monoisotopic (exact) mass is 211 g/mol. The average Bonchev–Trinajstić information content (AvgIpc) is 2.63. The molecule has 0 heterocycles. The first kappa shape index (κ1) is 11.8. The van der Waals surface area contributed by atoms with E-state index in [1.807, 2.05) is 0 Å². The third kappa shape index (κ3) is 2.85. The molecular weight excluding hydrogens is 195 g/mol. The van der Waals surface area contributed by atoms with Crippen molar-refractivity contribution in [3.05, 3.63) is 0 Å². The van der Waals surface area contributed by atoms with Gasteiger partial charge < -0.3 is 10.4 Å². The molecule has 1 fully saturated rings. The number of rotatable bonds is 4. The van der Waals surface area contributed by atoms with Crippen molar-refractivity contribution in [2.75, 3.05) is 6.54 Å². The van der Waals surface area contributed by atoms with Crippen LogP contribution in [-0.4, -0.2) is 29.0 Å². The normalized spacial score (nSPS) is 21.0. The maximum Gasteiger partial charge on any atom is 0.406 e. The molecule has 0 aromatic heterocycles. The topological polar surface area (TPSA) is 32.3 Å². The molecule has 0 spiro atoms. The van der Waals surface area contributed by atoms with Crippen LogP contribution in [0, 0.1) is 0 Å². The minimum absolute atomic E-state index is 0.155. The molecule has 84 valence electrons. The summed E-state index contributed by atoms with van der Waals surface area (Å²) in [4.78, 5) is 0. The quantitative estimate of drug-likeness (QED) is 0.743. The predicted molar refractivity (Wildman–Crippen MR) is 46.9 cm³/mol. The van der Waals surface area contributed by atoms with Gasteiger partial charge in [-0.05, 0) is 39.7 Å². The van der Waals surface area contributed by atoms with Crippen LogP contribution < -0.4 is 5.32 Å². The van der Waals surface area contributed by atoms with Crippen molar-refractivity contribution in [1.29, 1.82) is 0 Å². The van der Waals surface area contributed by atoms with Crippen molar-refractivity contribution >= 4 is 0 Å². The molecule has 1 aliphatic carbocycles. The zero-order valence-corrected chi connectivity index (χ0v) is 8.41. The first-order valence-electron chi connectivity index (χ1n) is 4.70. The first-order valence-corrected chi connectivity index (χ1v) is 4.70. The number of hydrogen-bond donors (Lipinski definition) is 2. The molecule has 2 N–H and O–H groups in total. The van der Waals surface area contributed by atoms with Gasteiger partial charge in [0.1, 0.15) is 5.54 Å². The highest BCUT2D eigenvalue weighted by Gasteiger charge is 2.62. The summed E-state index contributed by atoms with van der Waals surface area (Å²) in [5, 5.41) is 11.8. The van der Waals surface area contributed by atoms with Crippen LogP contribution >= 0.6 is 0 Å². The molecule has 0 aromatic carbocycles. The molecule has 14 heavy (non-hydrogen) atoms. The largest absolute Gasteiger partial charge is 0.406 e. The Morgan fingerprint density at radius 3 is 2.07 bits per heavy atom. The summed E-state index contributed by atoms with van der Waals surface area (Å²) >= 11 is 0. The molecule has 0 amide bonds. The van der Waals surface area contributed by atoms with Crippen molar-refractivity contribution in [1.82, 2.24) is 5.32 Å². The van der Waals surface area contributed by atoms with Crippen LogP contribution in [0.15, 0.2) is 0 Å². The summed E-state index contributed by atoms with van der Waals surface area (Å²) in [5.74, 6) is 0. The fraction of sp³-hybridized carbons (Fsp3) is 1.00. The third-order valence-electron chi connectivity index (χ3n) is 2.49. The summed E-state index contributed by atoms with van der Waals surface area (Å²) < 4.78 is 37.2. The maximum absolute atomic E-state index is 12.4. The van der Waals surface area contributed by atoms with E-state index in [-0.39, 0.29) is 19.4 Å². The first-order chi connectivity index (χ1) is 6.16. The second-order valence-electron chi connectivity index (χ2n) is 4.57. The lowest BCUT2D eigenvalue weighted by molar-refractivity contribution is -0.166. The zero-order valence-electron chi connectivity index (χ0n) is 8.41. The van der Waals surface area contributed by atoms with Gasteiger partial charge >= 0.3 is 6.18 Å². The Kier molecular flexibility index (Phi) is 2.84. The predicted octanol–water partition coefficient (Wildman–Crippen LogP) is 1.83. The van der Waals surface area contributed by atoms with Crippen molar-refractivity contribution < 1.29 is 18.3 Å². The SMILES string of the molecule is CC(C)(O)CCNC1(C(F)(F)F)CC1. The summed E-state index contributed by atoms with van der Waals surface area (Å²) in [6.45, 7) is 3.37. The minimum Gasteiger partial charge on any atom is -0.390 e. The highest BCUT2D eigenvalue weighted by molar-refractivity contribution is 5.07. The van der Waals surface area contributed by atoms with E-state index >= 15 is 0 Å². The molecule has 0 bridgehead atoms. The Morgan fingerprint density at radius 2 is 1.79 bits per heavy atom. The summed E-state index contributed by atoms with van der Waals surface area (Å²) in [6.07, 6.45) is -3.53. The third-order valence-corrected chi connectivity index (χ3v) is 2.49. The number of aliphatic hydroxyl groups is 1. The van der Waals surface area contributed by atoms with Gasteiger partial charge in [-0.2, -0.15) is 13.2 Å². The molecule has 2 nitrogen and oxygen atoms in total. The highest BCUT2D eigenvalue weighted by atomic mass is 19.4. The molecule has 0 saturated heterocycles. The molecule has 0 aliphatic heterocycles. The Balaban J connectivity index is 2.32. The van der Waals surface area contributed by atoms with Crippen molar-refractivity contribution in [2.45, 2.75) is 50.4 Å². The van der Waals surface area contributed by atoms with E-state index in [0.717, 1.165) is 0 Å². The van der Waals surface area contributed by atoms with E-state index < -0.39 is 17.3 Å². The zero-order chi connectivity index (χ0) is 11.0. The van der Waals surface area contributed by atoms with E-state index in [1.165, 1.54) is 0 Å². The Morgan fingerprint density at radius 1 is 1.29 bits per heavy atom. The molecule has 0 aromatic rings. The van der Waals surface area contributed by atoms with Gasteiger partial charge in [-0.1, -0.05) is 0 Å². The van der Waals surface area contributed by atoms with Crippen LogP contribution in [0.25, 0.3) is 0 Å². The molecule has 5 heteroatoms. The molecule has 0 radical (unpaired) electrons. The standard InChI is InChI=1S/C9H16F3NO/c1-7(2,14)5-6-13-8(3-4-8)9(10,11)12/h13-14H,3-6H2,1-2H3. The molecule has 1 rings (SSSR count). The van der Waals surface area contributed by atoms with Gasteiger partial charge in [0, 0.05) is 0 Å². The van der Waals surface area contributed by atoms with Gasteiger partial charge in [0.15, 0.2) is 0 Å². The summed E-state index contributed by atoms with van der Waals surface area (Å²) in [7, 11) is 0. The lowest BCUT2D eigenvalue weighted by Gasteiger charge is -2.23. The Bertz CT molecular complexity index is 203. The van der Waals surface area contributed by atoms with Crippen LogP contribution in [0.2, 0.25) is 0 Å². The van der Waals surface area contributed by atoms with E-state index in [0.29, 0.717) is 6.42 Å². The second kappa shape index (κ2) is 3.38. The molecular formula is C9H16F3NO. The van der Waals surface area contributed by atoms with Gasteiger partial charge in [0.2, 0.25) is 0 Å². The van der Waals surface area contributed by atoms with Crippen molar-refractivity contribution in [2.24, 2.45) is 0 Å². The second-order valence-corrected chi connectivity index (χ2v) is 4.57. The van der Waals surface area contributed by atoms with E-state index in [2.05, 4.69) is 5.32 Å². The lowest BCUT2D eigenvalue weighted by atomic mass is 10.1. The number of nitrogens with one attached hydrogen (secondary N) is 1. The average molecular weight is 211 g/mol. The van der Waals surface area contributed by atoms with E-state index in [4.69, 9.17) is 0 Å². The molecule has 0 unspecified atom stereocenters. The van der Waals surface area contributed by atoms with Crippen LogP contribution in [0.3, 0.4) is 0 Å². The highest BCUT2D eigenvalue weighted by Crippen LogP contribution is 2.48. The van der Waals surface area contributed by atoms with Crippen LogP contribution in [0.5, 0.6) is 0 Å². The van der Waals surface area contributed by atoms with Gasteiger partial charge in [0.05, 0.1) is 5.60 Å². The summed E-state index contributed by atoms with van der Waals surface area (Å²) in [6, 6.07) is 0. The van der Waals surface area contributed by atoms with Gasteiger partial charge in [-0.25, -0.2) is 0 Å². The molecule has 1 saturated carbocycles. The number of alkyl halides is 3. The van der Waals surface area contributed by atoms with Crippen LogP contribution in [0.4, 0.5) is 13.2 Å². The van der Waals surface area contributed by atoms with Crippen LogP contribution in [-0.2, 0) is 0 Å². The Labute approximate surface area is 81.5 Å². The lowest BCUT2D eigenvalue weighted by Crippen LogP contribution is -2.46. The number of hydrogen-bond acceptors (Lipinski definition) is 2. The van der Waals surface area contributed by atoms with Gasteiger partial charge in [0.25, 0.3) is 0 Å². The van der Waals surface area contributed by atoms with Crippen molar-refractivity contribution in [3.8, 4) is 0 Å². The fourth-order valence-corrected chi connectivity index (χ4v) is 1.29.